The second kappa shape index (κ2) is 3.64. The molecule has 3 nitrogen and oxygen atoms in total. The van der Waals surface area contributed by atoms with Crippen LogP contribution in [0.1, 0.15) is 17.7 Å². The monoisotopic (exact) mass is 274 g/mol. The number of halogens is 1. The molecule has 1 saturated carbocycles. The van der Waals surface area contributed by atoms with Crippen molar-refractivity contribution < 1.29 is 4.79 Å². The Labute approximate surface area is 95.0 Å². The summed E-state index contributed by atoms with van der Waals surface area (Å²) in [7, 11) is 1.71. The highest BCUT2D eigenvalue weighted by molar-refractivity contribution is 9.10. The first kappa shape index (κ1) is 10.1. The fraction of sp³-hybridized carbons (Fsp3) is 0.444. The maximum Gasteiger partial charge on any atom is 0.245 e. The van der Waals surface area contributed by atoms with Crippen molar-refractivity contribution in [3.63, 3.8) is 0 Å². The molecule has 0 atom stereocenters. The molecule has 1 aromatic heterocycles. The molecule has 0 saturated heterocycles. The Morgan fingerprint density at radius 3 is 2.79 bits per heavy atom. The van der Waals surface area contributed by atoms with Crippen molar-refractivity contribution in [3.05, 3.63) is 20.8 Å². The van der Waals surface area contributed by atoms with Crippen LogP contribution >= 0.6 is 27.3 Å². The number of thiophene rings is 1. The van der Waals surface area contributed by atoms with E-state index in [0.717, 1.165) is 22.2 Å². The summed E-state index contributed by atoms with van der Waals surface area (Å²) < 4.78 is 1.06. The molecule has 14 heavy (non-hydrogen) atoms. The van der Waals surface area contributed by atoms with Gasteiger partial charge in [0.15, 0.2) is 0 Å². The van der Waals surface area contributed by atoms with Crippen LogP contribution in [0.4, 0.5) is 0 Å². The highest BCUT2D eigenvalue weighted by Crippen LogP contribution is 2.50. The number of carbonyl (C=O) groups excluding carboxylic acids is 1. The topological polar surface area (TPSA) is 41.1 Å². The minimum Gasteiger partial charge on any atom is -0.291 e. The zero-order valence-corrected chi connectivity index (χ0v) is 10.2. The SMILES string of the molecule is CNNC(=O)C1(c2cc(Br)cs2)CC1. The molecule has 1 aliphatic carbocycles. The van der Waals surface area contributed by atoms with E-state index in [-0.39, 0.29) is 11.3 Å². The van der Waals surface area contributed by atoms with E-state index in [1.165, 1.54) is 0 Å². The second-order valence-electron chi connectivity index (χ2n) is 3.42. The van der Waals surface area contributed by atoms with Crippen LogP contribution in [0.5, 0.6) is 0 Å². The predicted molar refractivity (Wildman–Crippen MR) is 60.1 cm³/mol. The van der Waals surface area contributed by atoms with E-state index in [2.05, 4.69) is 26.8 Å². The van der Waals surface area contributed by atoms with Gasteiger partial charge in [-0.1, -0.05) is 0 Å². The summed E-state index contributed by atoms with van der Waals surface area (Å²) >= 11 is 5.04. The standard InChI is InChI=1S/C9H11BrN2OS/c1-11-12-8(13)9(2-3-9)7-4-6(10)5-14-7/h4-5,11H,2-3H2,1H3,(H,12,13). The Kier molecular flexibility index (Phi) is 2.64. The van der Waals surface area contributed by atoms with Crippen LogP contribution in [-0.4, -0.2) is 13.0 Å². The molecule has 1 heterocycles. The summed E-state index contributed by atoms with van der Waals surface area (Å²) in [6.07, 6.45) is 1.90. The number of hydrogen-bond donors (Lipinski definition) is 2. The normalized spacial score (nSPS) is 17.9. The van der Waals surface area contributed by atoms with Crippen molar-refractivity contribution in [3.8, 4) is 0 Å². The maximum absolute atomic E-state index is 11.8. The van der Waals surface area contributed by atoms with Crippen LogP contribution in [-0.2, 0) is 10.2 Å². The lowest BCUT2D eigenvalue weighted by atomic mass is 10.1. The van der Waals surface area contributed by atoms with E-state index in [1.54, 1.807) is 18.4 Å². The van der Waals surface area contributed by atoms with Crippen LogP contribution < -0.4 is 10.9 Å². The van der Waals surface area contributed by atoms with E-state index >= 15 is 0 Å². The Morgan fingerprint density at radius 2 is 2.36 bits per heavy atom. The van der Waals surface area contributed by atoms with Crippen molar-refractivity contribution in [1.29, 1.82) is 0 Å². The largest absolute Gasteiger partial charge is 0.291 e. The fourth-order valence-electron chi connectivity index (χ4n) is 1.51. The van der Waals surface area contributed by atoms with E-state index in [0.29, 0.717) is 0 Å². The maximum atomic E-state index is 11.8. The predicted octanol–water partition coefficient (Wildman–Crippen LogP) is 1.79. The average molecular weight is 275 g/mol. The number of rotatable bonds is 3. The Morgan fingerprint density at radius 1 is 1.64 bits per heavy atom. The molecule has 0 aliphatic heterocycles. The molecule has 2 rings (SSSR count). The molecular formula is C9H11BrN2OS. The number of hydrazine groups is 1. The van der Waals surface area contributed by atoms with E-state index in [9.17, 15) is 4.79 Å². The number of carbonyl (C=O) groups is 1. The van der Waals surface area contributed by atoms with Gasteiger partial charge in [0.25, 0.3) is 0 Å². The zero-order valence-electron chi connectivity index (χ0n) is 7.76. The highest BCUT2D eigenvalue weighted by atomic mass is 79.9. The van der Waals surface area contributed by atoms with Gasteiger partial charge in [-0.15, -0.1) is 11.3 Å². The molecule has 1 fully saturated rings. The van der Waals surface area contributed by atoms with Gasteiger partial charge < -0.3 is 0 Å². The highest BCUT2D eigenvalue weighted by Gasteiger charge is 2.52. The van der Waals surface area contributed by atoms with Gasteiger partial charge in [-0.25, -0.2) is 5.43 Å². The third-order valence-corrected chi connectivity index (χ3v) is 4.36. The summed E-state index contributed by atoms with van der Waals surface area (Å²) in [6.45, 7) is 0. The van der Waals surface area contributed by atoms with Gasteiger partial charge in [0.2, 0.25) is 5.91 Å². The smallest absolute Gasteiger partial charge is 0.245 e. The number of amides is 1. The quantitative estimate of drug-likeness (QED) is 0.826. The van der Waals surface area contributed by atoms with Gasteiger partial charge in [0.1, 0.15) is 0 Å². The van der Waals surface area contributed by atoms with Gasteiger partial charge in [-0.05, 0) is 34.8 Å². The molecule has 0 radical (unpaired) electrons. The molecular weight excluding hydrogens is 264 g/mol. The Bertz CT molecular complexity index is 359. The van der Waals surface area contributed by atoms with Crippen molar-refractivity contribution in [1.82, 2.24) is 10.9 Å². The minimum absolute atomic E-state index is 0.0781. The van der Waals surface area contributed by atoms with Crippen molar-refractivity contribution in [2.45, 2.75) is 18.3 Å². The lowest BCUT2D eigenvalue weighted by Crippen LogP contribution is -2.41. The van der Waals surface area contributed by atoms with Crippen LogP contribution in [0.3, 0.4) is 0 Å². The molecule has 1 amide bonds. The van der Waals surface area contributed by atoms with Crippen molar-refractivity contribution in [2.75, 3.05) is 7.05 Å². The fourth-order valence-corrected chi connectivity index (χ4v) is 3.19. The van der Waals surface area contributed by atoms with E-state index in [4.69, 9.17) is 0 Å². The van der Waals surface area contributed by atoms with Gasteiger partial charge in [0, 0.05) is 21.8 Å². The van der Waals surface area contributed by atoms with Crippen LogP contribution in [0.25, 0.3) is 0 Å². The van der Waals surface area contributed by atoms with E-state index < -0.39 is 0 Å². The van der Waals surface area contributed by atoms with Crippen LogP contribution in [0.15, 0.2) is 15.9 Å². The molecule has 0 unspecified atom stereocenters. The first-order valence-electron chi connectivity index (χ1n) is 4.41. The molecule has 1 aliphatic rings. The summed E-state index contributed by atoms with van der Waals surface area (Å²) in [5.41, 5.74) is 5.09. The minimum atomic E-state index is -0.250. The number of hydrogen-bond acceptors (Lipinski definition) is 3. The van der Waals surface area contributed by atoms with Crippen LogP contribution in [0, 0.1) is 0 Å². The van der Waals surface area contributed by atoms with E-state index in [1.807, 2.05) is 11.4 Å². The number of nitrogens with one attached hydrogen (secondary N) is 2. The van der Waals surface area contributed by atoms with Gasteiger partial charge in [-0.2, -0.15) is 0 Å². The first-order valence-corrected chi connectivity index (χ1v) is 6.08. The molecule has 1 aromatic rings. The molecule has 0 bridgehead atoms. The average Bonchev–Trinajstić information content (AvgIpc) is 2.85. The summed E-state index contributed by atoms with van der Waals surface area (Å²) in [4.78, 5) is 12.9. The Hall–Kier alpha value is -0.390. The van der Waals surface area contributed by atoms with Gasteiger partial charge >= 0.3 is 0 Å². The first-order chi connectivity index (χ1) is 6.69. The molecule has 0 aromatic carbocycles. The zero-order chi connectivity index (χ0) is 10.2. The van der Waals surface area contributed by atoms with Gasteiger partial charge in [0.05, 0.1) is 5.41 Å². The molecule has 76 valence electrons. The van der Waals surface area contributed by atoms with Gasteiger partial charge in [-0.3, -0.25) is 10.2 Å². The second-order valence-corrected chi connectivity index (χ2v) is 5.24. The summed E-state index contributed by atoms with van der Waals surface area (Å²) in [5.74, 6) is 0.0781. The third-order valence-electron chi connectivity index (χ3n) is 2.46. The van der Waals surface area contributed by atoms with Crippen LogP contribution in [0.2, 0.25) is 0 Å². The Balaban J connectivity index is 2.21. The molecule has 0 spiro atoms. The lowest BCUT2D eigenvalue weighted by Gasteiger charge is -2.12. The third kappa shape index (κ3) is 1.60. The van der Waals surface area contributed by atoms with Crippen molar-refractivity contribution >= 4 is 33.2 Å². The lowest BCUT2D eigenvalue weighted by molar-refractivity contribution is -0.124. The summed E-state index contributed by atoms with van der Waals surface area (Å²) in [5, 5.41) is 2.02. The molecule has 2 N–H and O–H groups in total. The molecule has 5 heteroatoms. The summed E-state index contributed by atoms with van der Waals surface area (Å²) in [6, 6.07) is 2.03. The van der Waals surface area contributed by atoms with Crippen molar-refractivity contribution in [2.24, 2.45) is 0 Å².